The fourth-order valence-electron chi connectivity index (χ4n) is 2.37. The second-order valence-corrected chi connectivity index (χ2v) is 6.71. The first kappa shape index (κ1) is 12.9. The van der Waals surface area contributed by atoms with E-state index in [2.05, 4.69) is 0 Å². The standard InChI is InChI=1S/C12H14N2O3S/c1-17-9-5-3-8(4-6-9)10-11(18(2,15)16)12(10,14)7-13/h3-6,10-11H,14H2,1-2H3/t10-,11-,12+/m0/s1. The molecular weight excluding hydrogens is 252 g/mol. The third-order valence-corrected chi connectivity index (χ3v) is 4.89. The Labute approximate surface area is 106 Å². The molecule has 0 heterocycles. The van der Waals surface area contributed by atoms with Crippen molar-refractivity contribution in [3.05, 3.63) is 29.8 Å². The number of nitriles is 1. The van der Waals surface area contributed by atoms with E-state index in [0.717, 1.165) is 11.8 Å². The average Bonchev–Trinajstić information content (AvgIpc) is 2.97. The van der Waals surface area contributed by atoms with Gasteiger partial charge in [-0.3, -0.25) is 0 Å². The van der Waals surface area contributed by atoms with Crippen LogP contribution in [-0.2, 0) is 9.84 Å². The zero-order valence-corrected chi connectivity index (χ0v) is 10.9. The Morgan fingerprint density at radius 1 is 1.39 bits per heavy atom. The molecule has 0 aliphatic heterocycles. The molecular formula is C12H14N2O3S. The summed E-state index contributed by atoms with van der Waals surface area (Å²) < 4.78 is 28.3. The Morgan fingerprint density at radius 2 is 1.94 bits per heavy atom. The van der Waals surface area contributed by atoms with Crippen molar-refractivity contribution >= 4 is 9.84 Å². The van der Waals surface area contributed by atoms with Crippen LogP contribution in [0.25, 0.3) is 0 Å². The summed E-state index contributed by atoms with van der Waals surface area (Å²) >= 11 is 0. The molecule has 1 aromatic carbocycles. The van der Waals surface area contributed by atoms with E-state index in [0.29, 0.717) is 5.75 Å². The fourth-order valence-corrected chi connectivity index (χ4v) is 4.08. The molecule has 2 N–H and O–H groups in total. The van der Waals surface area contributed by atoms with Gasteiger partial charge in [0.05, 0.1) is 13.2 Å². The van der Waals surface area contributed by atoms with E-state index >= 15 is 0 Å². The van der Waals surface area contributed by atoms with Gasteiger partial charge in [-0.1, -0.05) is 12.1 Å². The summed E-state index contributed by atoms with van der Waals surface area (Å²) in [6, 6.07) is 8.86. The lowest BCUT2D eigenvalue weighted by Crippen LogP contribution is -2.28. The Balaban J connectivity index is 2.37. The van der Waals surface area contributed by atoms with Gasteiger partial charge in [0.25, 0.3) is 0 Å². The molecule has 18 heavy (non-hydrogen) atoms. The molecule has 0 radical (unpaired) electrons. The molecule has 0 spiro atoms. The normalized spacial score (nSPS) is 30.6. The minimum atomic E-state index is -3.34. The maximum Gasteiger partial charge on any atom is 0.153 e. The van der Waals surface area contributed by atoms with E-state index in [1.165, 1.54) is 0 Å². The Hall–Kier alpha value is -1.58. The highest BCUT2D eigenvalue weighted by Gasteiger charge is 2.69. The molecule has 0 amide bonds. The zero-order valence-electron chi connectivity index (χ0n) is 10.1. The van der Waals surface area contributed by atoms with Crippen molar-refractivity contribution in [2.45, 2.75) is 16.7 Å². The van der Waals surface area contributed by atoms with Gasteiger partial charge in [0.1, 0.15) is 16.5 Å². The molecule has 1 fully saturated rings. The SMILES string of the molecule is COc1ccc([C@H]2[C@H](S(C)(=O)=O)[C@@]2(N)C#N)cc1. The van der Waals surface area contributed by atoms with Gasteiger partial charge in [0.15, 0.2) is 9.84 Å². The van der Waals surface area contributed by atoms with Gasteiger partial charge < -0.3 is 10.5 Å². The van der Waals surface area contributed by atoms with E-state index in [9.17, 15) is 8.42 Å². The van der Waals surface area contributed by atoms with Crippen LogP contribution in [0.2, 0.25) is 0 Å². The zero-order chi connectivity index (χ0) is 13.6. The van der Waals surface area contributed by atoms with Crippen molar-refractivity contribution in [3.8, 4) is 11.8 Å². The summed E-state index contributed by atoms with van der Waals surface area (Å²) in [7, 11) is -1.79. The van der Waals surface area contributed by atoms with E-state index in [4.69, 9.17) is 15.7 Å². The summed E-state index contributed by atoms with van der Waals surface area (Å²) in [5, 5.41) is 8.24. The molecule has 0 aromatic heterocycles. The maximum atomic E-state index is 11.6. The van der Waals surface area contributed by atoms with Crippen molar-refractivity contribution in [3.63, 3.8) is 0 Å². The van der Waals surface area contributed by atoms with E-state index in [1.54, 1.807) is 31.4 Å². The largest absolute Gasteiger partial charge is 0.497 e. The highest BCUT2D eigenvalue weighted by atomic mass is 32.2. The van der Waals surface area contributed by atoms with Crippen LogP contribution in [0, 0.1) is 11.3 Å². The second kappa shape index (κ2) is 3.97. The van der Waals surface area contributed by atoms with Gasteiger partial charge in [-0.25, -0.2) is 8.42 Å². The van der Waals surface area contributed by atoms with Crippen molar-refractivity contribution in [2.24, 2.45) is 5.73 Å². The van der Waals surface area contributed by atoms with Gasteiger partial charge in [0, 0.05) is 12.2 Å². The minimum Gasteiger partial charge on any atom is -0.497 e. The number of hydrogen-bond donors (Lipinski definition) is 1. The molecule has 0 bridgehead atoms. The smallest absolute Gasteiger partial charge is 0.153 e. The minimum absolute atomic E-state index is 0.469. The molecule has 1 aromatic rings. The van der Waals surface area contributed by atoms with E-state index < -0.39 is 26.5 Å². The number of benzene rings is 1. The fraction of sp³-hybridized carbons (Fsp3) is 0.417. The van der Waals surface area contributed by atoms with Crippen LogP contribution in [0.5, 0.6) is 5.75 Å². The molecule has 3 atom stereocenters. The average molecular weight is 266 g/mol. The van der Waals surface area contributed by atoms with Gasteiger partial charge in [-0.2, -0.15) is 5.26 Å². The number of rotatable bonds is 3. The molecule has 1 aliphatic rings. The van der Waals surface area contributed by atoms with Crippen LogP contribution in [0.4, 0.5) is 0 Å². The van der Waals surface area contributed by atoms with Crippen molar-refractivity contribution < 1.29 is 13.2 Å². The number of nitrogens with zero attached hydrogens (tertiary/aromatic N) is 1. The monoisotopic (exact) mass is 266 g/mol. The van der Waals surface area contributed by atoms with Crippen molar-refractivity contribution in [1.82, 2.24) is 0 Å². The molecule has 1 saturated carbocycles. The molecule has 0 saturated heterocycles. The summed E-state index contributed by atoms with van der Waals surface area (Å²) in [6.07, 6.45) is 1.11. The third kappa shape index (κ3) is 1.85. The number of nitrogens with two attached hydrogens (primary N) is 1. The lowest BCUT2D eigenvalue weighted by Gasteiger charge is -2.03. The number of hydrogen-bond acceptors (Lipinski definition) is 5. The van der Waals surface area contributed by atoms with Crippen LogP contribution in [0.15, 0.2) is 24.3 Å². The predicted molar refractivity (Wildman–Crippen MR) is 66.9 cm³/mol. The number of ether oxygens (including phenoxy) is 1. The van der Waals surface area contributed by atoms with Crippen molar-refractivity contribution in [1.29, 1.82) is 5.26 Å². The van der Waals surface area contributed by atoms with E-state index in [1.807, 2.05) is 6.07 Å². The molecule has 6 heteroatoms. The summed E-state index contributed by atoms with van der Waals surface area (Å²) in [6.45, 7) is 0. The van der Waals surface area contributed by atoms with Gasteiger partial charge >= 0.3 is 0 Å². The summed E-state index contributed by atoms with van der Waals surface area (Å²) in [5.41, 5.74) is 5.28. The molecule has 2 rings (SSSR count). The maximum absolute atomic E-state index is 11.6. The second-order valence-electron chi connectivity index (χ2n) is 4.55. The Kier molecular flexibility index (Phi) is 2.84. The quantitative estimate of drug-likeness (QED) is 0.856. The molecule has 96 valence electrons. The molecule has 5 nitrogen and oxygen atoms in total. The van der Waals surface area contributed by atoms with Crippen LogP contribution < -0.4 is 10.5 Å². The van der Waals surface area contributed by atoms with Gasteiger partial charge in [0.2, 0.25) is 0 Å². The Bertz CT molecular complexity index is 603. The first-order valence-electron chi connectivity index (χ1n) is 5.37. The van der Waals surface area contributed by atoms with Gasteiger partial charge in [-0.15, -0.1) is 0 Å². The topological polar surface area (TPSA) is 93.2 Å². The van der Waals surface area contributed by atoms with Crippen LogP contribution in [0.3, 0.4) is 0 Å². The molecule has 1 aliphatic carbocycles. The lowest BCUT2D eigenvalue weighted by atomic mass is 10.1. The highest BCUT2D eigenvalue weighted by molar-refractivity contribution is 7.91. The lowest BCUT2D eigenvalue weighted by molar-refractivity contribution is 0.414. The molecule has 0 unspecified atom stereocenters. The summed E-state index contributed by atoms with van der Waals surface area (Å²) in [5.74, 6) is 0.207. The van der Waals surface area contributed by atoms with E-state index in [-0.39, 0.29) is 0 Å². The first-order chi connectivity index (χ1) is 8.34. The van der Waals surface area contributed by atoms with Crippen LogP contribution >= 0.6 is 0 Å². The van der Waals surface area contributed by atoms with Crippen LogP contribution in [0.1, 0.15) is 11.5 Å². The summed E-state index contributed by atoms with van der Waals surface area (Å²) in [4.78, 5) is 0. The van der Waals surface area contributed by atoms with Crippen LogP contribution in [-0.4, -0.2) is 32.6 Å². The predicted octanol–water partition coefficient (Wildman–Crippen LogP) is 0.427. The number of methoxy groups -OCH3 is 1. The highest BCUT2D eigenvalue weighted by Crippen LogP contribution is 2.53. The Morgan fingerprint density at radius 3 is 2.28 bits per heavy atom. The van der Waals surface area contributed by atoms with Crippen molar-refractivity contribution in [2.75, 3.05) is 13.4 Å². The third-order valence-electron chi connectivity index (χ3n) is 3.31. The first-order valence-corrected chi connectivity index (χ1v) is 7.33. The van der Waals surface area contributed by atoms with Gasteiger partial charge in [-0.05, 0) is 17.7 Å². The number of sulfone groups is 1.